The van der Waals surface area contributed by atoms with E-state index in [0.717, 1.165) is 10.4 Å². The summed E-state index contributed by atoms with van der Waals surface area (Å²) in [4.78, 5) is -0.172. The van der Waals surface area contributed by atoms with Gasteiger partial charge in [-0.05, 0) is 17.7 Å². The van der Waals surface area contributed by atoms with Crippen LogP contribution in [-0.2, 0) is 16.6 Å². The summed E-state index contributed by atoms with van der Waals surface area (Å²) < 4.78 is 38.7. The molecule has 0 radical (unpaired) electrons. The molecule has 0 saturated carbocycles. The molecule has 18 heavy (non-hydrogen) atoms. The molecule has 0 aliphatic heterocycles. The van der Waals surface area contributed by atoms with Crippen molar-refractivity contribution in [2.24, 2.45) is 5.73 Å². The van der Waals surface area contributed by atoms with Gasteiger partial charge >= 0.3 is 0 Å². The lowest BCUT2D eigenvalue weighted by Gasteiger charge is -2.16. The van der Waals surface area contributed by atoms with E-state index < -0.39 is 15.8 Å². The summed E-state index contributed by atoms with van der Waals surface area (Å²) in [5, 5.41) is -0.150. The number of nitrogens with zero attached hydrogens (tertiary/aromatic N) is 1. The SMILES string of the molecule is C=CCN(C)S(=O)(=O)c1cc(F)c(Cl)c(CN)c1. The van der Waals surface area contributed by atoms with Crippen molar-refractivity contribution in [3.63, 3.8) is 0 Å². The Kier molecular flexibility index (Phi) is 4.86. The van der Waals surface area contributed by atoms with Crippen LogP contribution in [0, 0.1) is 5.82 Å². The second-order valence-corrected chi connectivity index (χ2v) is 6.08. The first-order valence-electron chi connectivity index (χ1n) is 5.09. The Morgan fingerprint density at radius 1 is 1.56 bits per heavy atom. The molecule has 0 aliphatic carbocycles. The predicted octanol–water partition coefficient (Wildman–Crippen LogP) is 1.74. The van der Waals surface area contributed by atoms with Crippen molar-refractivity contribution in [3.05, 3.63) is 41.2 Å². The summed E-state index contributed by atoms with van der Waals surface area (Å²) in [5.74, 6) is -0.801. The maximum atomic E-state index is 13.5. The van der Waals surface area contributed by atoms with Crippen LogP contribution >= 0.6 is 11.6 Å². The number of benzene rings is 1. The summed E-state index contributed by atoms with van der Waals surface area (Å²) in [6, 6.07) is 2.16. The average molecular weight is 293 g/mol. The van der Waals surface area contributed by atoms with Crippen molar-refractivity contribution in [1.29, 1.82) is 0 Å². The van der Waals surface area contributed by atoms with Gasteiger partial charge in [0, 0.05) is 20.1 Å². The van der Waals surface area contributed by atoms with Crippen molar-refractivity contribution >= 4 is 21.6 Å². The molecule has 0 spiro atoms. The number of nitrogens with two attached hydrogens (primary N) is 1. The third-order valence-corrected chi connectivity index (χ3v) is 4.62. The fourth-order valence-electron chi connectivity index (χ4n) is 1.38. The van der Waals surface area contributed by atoms with Gasteiger partial charge in [0.25, 0.3) is 0 Å². The van der Waals surface area contributed by atoms with E-state index >= 15 is 0 Å². The first-order chi connectivity index (χ1) is 8.34. The lowest BCUT2D eigenvalue weighted by Crippen LogP contribution is -2.27. The molecule has 0 bridgehead atoms. The van der Waals surface area contributed by atoms with Crippen LogP contribution in [-0.4, -0.2) is 26.3 Å². The standard InChI is InChI=1S/C11H14ClFN2O2S/c1-3-4-15(2)18(16,17)9-5-8(7-14)11(12)10(13)6-9/h3,5-6H,1,4,7,14H2,2H3. The highest BCUT2D eigenvalue weighted by Gasteiger charge is 2.22. The largest absolute Gasteiger partial charge is 0.326 e. The topological polar surface area (TPSA) is 63.4 Å². The summed E-state index contributed by atoms with van der Waals surface area (Å²) in [6.07, 6.45) is 1.44. The first-order valence-corrected chi connectivity index (χ1v) is 6.91. The Labute approximate surface area is 111 Å². The van der Waals surface area contributed by atoms with Gasteiger partial charge in [0.2, 0.25) is 10.0 Å². The summed E-state index contributed by atoms with van der Waals surface area (Å²) in [7, 11) is -2.38. The van der Waals surface area contributed by atoms with Crippen LogP contribution in [0.3, 0.4) is 0 Å². The van der Waals surface area contributed by atoms with Crippen LogP contribution < -0.4 is 5.73 Å². The number of halogens is 2. The second-order valence-electron chi connectivity index (χ2n) is 3.66. The second kappa shape index (κ2) is 5.79. The fraction of sp³-hybridized carbons (Fsp3) is 0.273. The van der Waals surface area contributed by atoms with Crippen LogP contribution in [0.1, 0.15) is 5.56 Å². The Balaban J connectivity index is 3.33. The van der Waals surface area contributed by atoms with Gasteiger partial charge in [-0.25, -0.2) is 12.8 Å². The van der Waals surface area contributed by atoms with E-state index in [4.69, 9.17) is 17.3 Å². The summed E-state index contributed by atoms with van der Waals surface area (Å²) in [6.45, 7) is 3.54. The lowest BCUT2D eigenvalue weighted by atomic mass is 10.2. The molecule has 0 fully saturated rings. The molecule has 0 unspecified atom stereocenters. The van der Waals surface area contributed by atoms with Crippen LogP contribution in [0.2, 0.25) is 5.02 Å². The van der Waals surface area contributed by atoms with Gasteiger partial charge in [-0.1, -0.05) is 17.7 Å². The number of sulfonamides is 1. The van der Waals surface area contributed by atoms with Crippen LogP contribution in [0.5, 0.6) is 0 Å². The Morgan fingerprint density at radius 3 is 2.67 bits per heavy atom. The van der Waals surface area contributed by atoms with Gasteiger partial charge in [-0.15, -0.1) is 6.58 Å². The monoisotopic (exact) mass is 292 g/mol. The van der Waals surface area contributed by atoms with Gasteiger partial charge in [-0.3, -0.25) is 0 Å². The van der Waals surface area contributed by atoms with Crippen LogP contribution in [0.25, 0.3) is 0 Å². The Morgan fingerprint density at radius 2 is 2.17 bits per heavy atom. The first kappa shape index (κ1) is 15.1. The molecule has 0 amide bonds. The number of rotatable bonds is 5. The van der Waals surface area contributed by atoms with Crippen molar-refractivity contribution < 1.29 is 12.8 Å². The Bertz CT molecular complexity index is 560. The molecule has 100 valence electrons. The average Bonchev–Trinajstić information content (AvgIpc) is 2.32. The molecule has 4 nitrogen and oxygen atoms in total. The molecule has 1 rings (SSSR count). The zero-order valence-corrected chi connectivity index (χ0v) is 11.4. The molecule has 2 N–H and O–H groups in total. The molecule has 0 heterocycles. The molecule has 0 aromatic heterocycles. The normalized spacial score (nSPS) is 11.8. The molecule has 7 heteroatoms. The Hall–Kier alpha value is -0.950. The zero-order valence-electron chi connectivity index (χ0n) is 9.86. The van der Waals surface area contributed by atoms with Gasteiger partial charge in [-0.2, -0.15) is 4.31 Å². The van der Waals surface area contributed by atoms with Gasteiger partial charge in [0.05, 0.1) is 9.92 Å². The van der Waals surface area contributed by atoms with Crippen LogP contribution in [0.15, 0.2) is 29.7 Å². The maximum Gasteiger partial charge on any atom is 0.243 e. The summed E-state index contributed by atoms with van der Waals surface area (Å²) in [5.41, 5.74) is 5.64. The maximum absolute atomic E-state index is 13.5. The third kappa shape index (κ3) is 2.89. The van der Waals surface area contributed by atoms with Gasteiger partial charge < -0.3 is 5.73 Å². The molecule has 0 atom stereocenters. The van der Waals surface area contributed by atoms with E-state index in [1.54, 1.807) is 0 Å². The zero-order chi connectivity index (χ0) is 13.9. The van der Waals surface area contributed by atoms with Crippen molar-refractivity contribution in [3.8, 4) is 0 Å². The highest BCUT2D eigenvalue weighted by atomic mass is 35.5. The van der Waals surface area contributed by atoms with Crippen molar-refractivity contribution in [2.75, 3.05) is 13.6 Å². The quantitative estimate of drug-likeness (QED) is 0.841. The third-order valence-electron chi connectivity index (χ3n) is 2.39. The molecule has 1 aromatic carbocycles. The van der Waals surface area contributed by atoms with Crippen molar-refractivity contribution in [1.82, 2.24) is 4.31 Å². The molecule has 0 aliphatic rings. The minimum atomic E-state index is -3.77. The van der Waals surface area contributed by atoms with Gasteiger partial charge in [0.1, 0.15) is 5.82 Å². The van der Waals surface area contributed by atoms with E-state index in [2.05, 4.69) is 6.58 Å². The minimum Gasteiger partial charge on any atom is -0.326 e. The molecular weight excluding hydrogens is 279 g/mol. The number of hydrogen-bond acceptors (Lipinski definition) is 3. The number of likely N-dealkylation sites (N-methyl/N-ethyl adjacent to an activating group) is 1. The molecule has 0 saturated heterocycles. The summed E-state index contributed by atoms with van der Waals surface area (Å²) >= 11 is 5.68. The lowest BCUT2D eigenvalue weighted by molar-refractivity contribution is 0.498. The van der Waals surface area contributed by atoms with Gasteiger partial charge in [0.15, 0.2) is 0 Å². The van der Waals surface area contributed by atoms with Crippen LogP contribution in [0.4, 0.5) is 4.39 Å². The molecule has 1 aromatic rings. The van der Waals surface area contributed by atoms with E-state index in [1.165, 1.54) is 19.2 Å². The van der Waals surface area contributed by atoms with E-state index in [1.807, 2.05) is 0 Å². The predicted molar refractivity (Wildman–Crippen MR) is 69.3 cm³/mol. The molecular formula is C11H14ClFN2O2S. The fourth-order valence-corrected chi connectivity index (χ4v) is 2.77. The van der Waals surface area contributed by atoms with E-state index in [-0.39, 0.29) is 28.6 Å². The van der Waals surface area contributed by atoms with E-state index in [0.29, 0.717) is 0 Å². The minimum absolute atomic E-state index is 0.0374. The highest BCUT2D eigenvalue weighted by molar-refractivity contribution is 7.89. The smallest absolute Gasteiger partial charge is 0.243 e. The van der Waals surface area contributed by atoms with E-state index in [9.17, 15) is 12.8 Å². The van der Waals surface area contributed by atoms with Crippen molar-refractivity contribution in [2.45, 2.75) is 11.4 Å². The number of hydrogen-bond donors (Lipinski definition) is 1. The highest BCUT2D eigenvalue weighted by Crippen LogP contribution is 2.25.